The lowest BCUT2D eigenvalue weighted by Crippen LogP contribution is -2.26. The molecule has 1 saturated heterocycles. The average molecular weight is 503 g/mol. The van der Waals surface area contributed by atoms with E-state index in [2.05, 4.69) is 32.0 Å². The fourth-order valence-electron chi connectivity index (χ4n) is 4.80. The van der Waals surface area contributed by atoms with Gasteiger partial charge in [-0.2, -0.15) is 5.10 Å². The predicted molar refractivity (Wildman–Crippen MR) is 145 cm³/mol. The number of nitrogens with zero attached hydrogens (tertiary/aromatic N) is 6. The number of anilines is 2. The average Bonchev–Trinajstić information content (AvgIpc) is 3.61. The number of methoxy groups -OCH3 is 1. The molecule has 2 aromatic heterocycles. The number of fused-ring (bicyclic) bond motifs is 1. The van der Waals surface area contributed by atoms with Gasteiger partial charge in [-0.15, -0.1) is 0 Å². The Morgan fingerprint density at radius 3 is 2.59 bits per heavy atom. The quantitative estimate of drug-likeness (QED) is 0.329. The van der Waals surface area contributed by atoms with Crippen molar-refractivity contribution in [3.63, 3.8) is 0 Å². The van der Waals surface area contributed by atoms with Gasteiger partial charge in [0.25, 0.3) is 0 Å². The number of aliphatic hydroxyl groups is 1. The molecule has 9 heteroatoms. The van der Waals surface area contributed by atoms with Crippen LogP contribution in [0.3, 0.4) is 0 Å². The lowest BCUT2D eigenvalue weighted by Gasteiger charge is -2.27. The molecule has 0 spiro atoms. The fourth-order valence-corrected chi connectivity index (χ4v) is 4.80. The van der Waals surface area contributed by atoms with Gasteiger partial charge in [0.2, 0.25) is 0 Å². The largest absolute Gasteiger partial charge is 0.497 e. The third-order valence-corrected chi connectivity index (χ3v) is 6.67. The second-order valence-electron chi connectivity index (χ2n) is 9.32. The Labute approximate surface area is 217 Å². The molecular weight excluding hydrogens is 468 g/mol. The van der Waals surface area contributed by atoms with Gasteiger partial charge in [0.15, 0.2) is 0 Å². The highest BCUT2D eigenvalue weighted by molar-refractivity contribution is 5.82. The number of aryl methyl sites for hydroxylation is 1. The first-order valence-corrected chi connectivity index (χ1v) is 12.8. The highest BCUT2D eigenvalue weighted by Gasteiger charge is 2.17. The summed E-state index contributed by atoms with van der Waals surface area (Å²) in [6.45, 7) is 4.43. The van der Waals surface area contributed by atoms with Crippen LogP contribution < -0.4 is 14.4 Å². The van der Waals surface area contributed by atoms with E-state index in [0.29, 0.717) is 11.5 Å². The molecule has 0 radical (unpaired) electrons. The molecule has 1 N–H and O–H groups in total. The molecule has 4 aromatic rings. The SMILES string of the molecule is COc1cc(OCCO)cc(N(CCCN2CCCC2)c2ccc3ncc(-c4cnn(C)c4)nc3c2)c1. The maximum Gasteiger partial charge on any atom is 0.125 e. The standard InChI is InChI=1S/C28H34N6O3/c1-32-20-21(18-30-32)28-19-29-26-7-6-22(16-27(26)31-28)34(11-5-10-33-8-3-4-9-33)23-14-24(36-2)17-25(15-23)37-13-12-35/h6-7,14-20,35H,3-5,8-13H2,1-2H3. The van der Waals surface area contributed by atoms with Gasteiger partial charge < -0.3 is 24.4 Å². The Morgan fingerprint density at radius 1 is 1.00 bits per heavy atom. The molecular formula is C28H34N6O3. The van der Waals surface area contributed by atoms with Crippen LogP contribution in [-0.2, 0) is 7.05 Å². The second kappa shape index (κ2) is 11.6. The van der Waals surface area contributed by atoms with Gasteiger partial charge in [-0.1, -0.05) is 0 Å². The summed E-state index contributed by atoms with van der Waals surface area (Å²) in [5.41, 5.74) is 5.37. The maximum absolute atomic E-state index is 9.25. The number of hydrogen-bond acceptors (Lipinski definition) is 8. The highest BCUT2D eigenvalue weighted by atomic mass is 16.5. The Balaban J connectivity index is 1.50. The van der Waals surface area contributed by atoms with Crippen LogP contribution in [-0.4, -0.2) is 76.3 Å². The molecule has 3 heterocycles. The first-order valence-electron chi connectivity index (χ1n) is 12.8. The Kier molecular flexibility index (Phi) is 7.82. The van der Waals surface area contributed by atoms with Crippen LogP contribution >= 0.6 is 0 Å². The lowest BCUT2D eigenvalue weighted by atomic mass is 10.1. The molecule has 1 aliphatic rings. The first-order chi connectivity index (χ1) is 18.1. The van der Waals surface area contributed by atoms with Crippen molar-refractivity contribution in [1.82, 2.24) is 24.6 Å². The van der Waals surface area contributed by atoms with E-state index in [0.717, 1.165) is 53.2 Å². The van der Waals surface area contributed by atoms with Gasteiger partial charge in [0.05, 0.1) is 42.8 Å². The lowest BCUT2D eigenvalue weighted by molar-refractivity contribution is 0.201. The van der Waals surface area contributed by atoms with Gasteiger partial charge in [-0.05, 0) is 57.1 Å². The highest BCUT2D eigenvalue weighted by Crippen LogP contribution is 2.34. The number of hydrogen-bond donors (Lipinski definition) is 1. The second-order valence-corrected chi connectivity index (χ2v) is 9.32. The summed E-state index contributed by atoms with van der Waals surface area (Å²) in [5.74, 6) is 1.36. The zero-order valence-electron chi connectivity index (χ0n) is 21.5. The number of benzene rings is 2. The third-order valence-electron chi connectivity index (χ3n) is 6.67. The summed E-state index contributed by atoms with van der Waals surface area (Å²) in [5, 5.41) is 13.5. The minimum absolute atomic E-state index is 0.0469. The van der Waals surface area contributed by atoms with Crippen LogP contribution in [0.1, 0.15) is 19.3 Å². The van der Waals surface area contributed by atoms with Gasteiger partial charge in [-0.3, -0.25) is 9.67 Å². The zero-order valence-corrected chi connectivity index (χ0v) is 21.5. The van der Waals surface area contributed by atoms with E-state index in [1.165, 1.54) is 25.9 Å². The predicted octanol–water partition coefficient (Wildman–Crippen LogP) is 4.03. The minimum Gasteiger partial charge on any atom is -0.497 e. The summed E-state index contributed by atoms with van der Waals surface area (Å²) in [6, 6.07) is 12.0. The number of aliphatic hydroxyl groups excluding tert-OH is 1. The molecule has 2 aromatic carbocycles. The Morgan fingerprint density at radius 2 is 1.84 bits per heavy atom. The molecule has 9 nitrogen and oxygen atoms in total. The van der Waals surface area contributed by atoms with E-state index < -0.39 is 0 Å². The van der Waals surface area contributed by atoms with Crippen LogP contribution in [0.2, 0.25) is 0 Å². The first kappa shape index (κ1) is 25.0. The van der Waals surface area contributed by atoms with Crippen LogP contribution in [0.25, 0.3) is 22.3 Å². The molecule has 1 aliphatic heterocycles. The van der Waals surface area contributed by atoms with Crippen molar-refractivity contribution < 1.29 is 14.6 Å². The number of aromatic nitrogens is 4. The molecule has 0 bridgehead atoms. The van der Waals surface area contributed by atoms with E-state index in [1.54, 1.807) is 24.2 Å². The normalized spacial score (nSPS) is 13.8. The van der Waals surface area contributed by atoms with Gasteiger partial charge in [-0.25, -0.2) is 4.98 Å². The monoisotopic (exact) mass is 502 g/mol. The Hall–Kier alpha value is -3.69. The zero-order chi connectivity index (χ0) is 25.6. The summed E-state index contributed by atoms with van der Waals surface area (Å²) in [4.78, 5) is 14.4. The maximum atomic E-state index is 9.25. The number of likely N-dealkylation sites (tertiary alicyclic amines) is 1. The molecule has 0 unspecified atom stereocenters. The van der Waals surface area contributed by atoms with E-state index in [-0.39, 0.29) is 13.2 Å². The molecule has 5 rings (SSSR count). The summed E-state index contributed by atoms with van der Waals surface area (Å²) in [6.07, 6.45) is 9.12. The molecule has 194 valence electrons. The topological polar surface area (TPSA) is 88.8 Å². The van der Waals surface area contributed by atoms with E-state index in [4.69, 9.17) is 14.5 Å². The van der Waals surface area contributed by atoms with Crippen LogP contribution in [0.15, 0.2) is 55.0 Å². The van der Waals surface area contributed by atoms with Crippen LogP contribution in [0.5, 0.6) is 11.5 Å². The molecule has 37 heavy (non-hydrogen) atoms. The summed E-state index contributed by atoms with van der Waals surface area (Å²) >= 11 is 0. The summed E-state index contributed by atoms with van der Waals surface area (Å²) < 4.78 is 13.1. The van der Waals surface area contributed by atoms with Gasteiger partial charge in [0.1, 0.15) is 18.1 Å². The Bertz CT molecular complexity index is 1330. The molecule has 0 saturated carbocycles. The van der Waals surface area contributed by atoms with Crippen molar-refractivity contribution >= 4 is 22.4 Å². The van der Waals surface area contributed by atoms with E-state index in [1.807, 2.05) is 37.5 Å². The fraction of sp³-hybridized carbons (Fsp3) is 0.393. The van der Waals surface area contributed by atoms with Gasteiger partial charge in [0, 0.05) is 54.9 Å². The number of rotatable bonds is 11. The molecule has 0 aliphatic carbocycles. The van der Waals surface area contributed by atoms with Crippen molar-refractivity contribution in [2.24, 2.45) is 7.05 Å². The number of ether oxygens (including phenoxy) is 2. The van der Waals surface area contributed by atoms with E-state index >= 15 is 0 Å². The van der Waals surface area contributed by atoms with Crippen molar-refractivity contribution in [2.75, 3.05) is 51.4 Å². The van der Waals surface area contributed by atoms with Crippen molar-refractivity contribution in [2.45, 2.75) is 19.3 Å². The van der Waals surface area contributed by atoms with Crippen LogP contribution in [0.4, 0.5) is 11.4 Å². The van der Waals surface area contributed by atoms with Crippen molar-refractivity contribution in [1.29, 1.82) is 0 Å². The summed E-state index contributed by atoms with van der Waals surface area (Å²) in [7, 11) is 3.54. The molecule has 0 atom stereocenters. The van der Waals surface area contributed by atoms with E-state index in [9.17, 15) is 5.11 Å². The smallest absolute Gasteiger partial charge is 0.125 e. The van der Waals surface area contributed by atoms with Crippen LogP contribution in [0, 0.1) is 0 Å². The third kappa shape index (κ3) is 6.00. The van der Waals surface area contributed by atoms with Gasteiger partial charge >= 0.3 is 0 Å². The van der Waals surface area contributed by atoms with Crippen molar-refractivity contribution in [3.8, 4) is 22.8 Å². The molecule has 1 fully saturated rings. The van der Waals surface area contributed by atoms with Crippen molar-refractivity contribution in [3.05, 3.63) is 55.0 Å². The molecule has 0 amide bonds. The minimum atomic E-state index is -0.0469.